The van der Waals surface area contributed by atoms with E-state index in [4.69, 9.17) is 4.74 Å². The van der Waals surface area contributed by atoms with Crippen molar-refractivity contribution in [1.82, 2.24) is 20.0 Å². The van der Waals surface area contributed by atoms with Gasteiger partial charge in [0.15, 0.2) is 5.83 Å². The topological polar surface area (TPSA) is 76.5 Å². The van der Waals surface area contributed by atoms with E-state index in [1.807, 2.05) is 6.92 Å². The number of nitrogens with zero attached hydrogens (tertiary/aromatic N) is 3. The van der Waals surface area contributed by atoms with Crippen LogP contribution in [0.1, 0.15) is 35.6 Å². The number of rotatable bonds is 6. The average Bonchev–Trinajstić information content (AvgIpc) is 3.26. The Labute approximate surface area is 204 Å². The molecule has 2 heterocycles. The van der Waals surface area contributed by atoms with Crippen LogP contribution in [-0.4, -0.2) is 40.0 Å². The summed E-state index contributed by atoms with van der Waals surface area (Å²) in [5.74, 6) is -7.62. The van der Waals surface area contributed by atoms with Gasteiger partial charge in [-0.05, 0) is 43.5 Å². The third-order valence-corrected chi connectivity index (χ3v) is 5.77. The second kappa shape index (κ2) is 10.2. The molecule has 3 aromatic rings. The number of ether oxygens (including phenoxy) is 1. The van der Waals surface area contributed by atoms with E-state index >= 15 is 0 Å². The molecule has 0 bridgehead atoms. The van der Waals surface area contributed by atoms with Gasteiger partial charge in [-0.2, -0.15) is 0 Å². The van der Waals surface area contributed by atoms with Crippen molar-refractivity contribution in [3.05, 3.63) is 83.0 Å². The van der Waals surface area contributed by atoms with Gasteiger partial charge in [-0.1, -0.05) is 6.07 Å². The summed E-state index contributed by atoms with van der Waals surface area (Å²) in [5, 5.41) is 0.817. The highest BCUT2D eigenvalue weighted by Crippen LogP contribution is 2.32. The van der Waals surface area contributed by atoms with Crippen LogP contribution in [0.3, 0.4) is 0 Å². The van der Waals surface area contributed by atoms with Gasteiger partial charge in [0.2, 0.25) is 5.91 Å². The van der Waals surface area contributed by atoms with Gasteiger partial charge in [-0.25, -0.2) is 22.5 Å². The number of aromatic nitrogens is 2. The van der Waals surface area contributed by atoms with Gasteiger partial charge in [0, 0.05) is 30.4 Å². The molecule has 0 radical (unpaired) electrons. The molecule has 0 aliphatic carbocycles. The first-order valence-corrected chi connectivity index (χ1v) is 11.0. The fourth-order valence-corrected chi connectivity index (χ4v) is 4.08. The van der Waals surface area contributed by atoms with E-state index in [-0.39, 0.29) is 19.4 Å². The summed E-state index contributed by atoms with van der Waals surface area (Å²) in [6.45, 7) is 1.85. The van der Waals surface area contributed by atoms with Crippen LogP contribution < -0.4 is 10.2 Å². The lowest BCUT2D eigenvalue weighted by Crippen LogP contribution is -2.51. The van der Waals surface area contributed by atoms with Crippen molar-refractivity contribution in [3.8, 4) is 11.4 Å². The van der Waals surface area contributed by atoms with Crippen LogP contribution in [0.15, 0.2) is 48.7 Å². The van der Waals surface area contributed by atoms with Crippen LogP contribution in [0.4, 0.5) is 17.6 Å². The van der Waals surface area contributed by atoms with Crippen molar-refractivity contribution >= 4 is 17.9 Å². The average molecular weight is 502 g/mol. The summed E-state index contributed by atoms with van der Waals surface area (Å²) < 4.78 is 63.5. The lowest BCUT2D eigenvalue weighted by molar-refractivity contribution is -0.144. The van der Waals surface area contributed by atoms with E-state index in [1.165, 1.54) is 13.2 Å². The van der Waals surface area contributed by atoms with Crippen LogP contribution in [0, 0.1) is 24.4 Å². The van der Waals surface area contributed by atoms with E-state index in [1.54, 1.807) is 29.2 Å². The number of hydrazine groups is 1. The Morgan fingerprint density at radius 3 is 2.56 bits per heavy atom. The molecule has 1 saturated heterocycles. The first kappa shape index (κ1) is 25.0. The number of nitrogens with one attached hydrogen (secondary N) is 1. The maximum Gasteiger partial charge on any atom is 0.298 e. The highest BCUT2D eigenvalue weighted by molar-refractivity contribution is 5.97. The Hall–Kier alpha value is -4.15. The molecule has 1 aliphatic heterocycles. The maximum absolute atomic E-state index is 14.7. The van der Waals surface area contributed by atoms with Crippen LogP contribution >= 0.6 is 0 Å². The molecular weight excluding hydrogens is 480 g/mol. The van der Waals surface area contributed by atoms with E-state index in [0.717, 1.165) is 16.8 Å². The van der Waals surface area contributed by atoms with Gasteiger partial charge in [0.05, 0.1) is 30.7 Å². The molecule has 7 nitrogen and oxygen atoms in total. The summed E-state index contributed by atoms with van der Waals surface area (Å²) in [5.41, 5.74) is 3.33. The summed E-state index contributed by atoms with van der Waals surface area (Å²) in [6, 6.07) is 5.74. The first-order valence-electron chi connectivity index (χ1n) is 11.0. The number of hydrogen-bond acceptors (Lipinski definition) is 4. The molecular formula is C25H22F4N4O3. The molecule has 1 atom stereocenters. The van der Waals surface area contributed by atoms with E-state index in [2.05, 4.69) is 10.4 Å². The molecule has 1 fully saturated rings. The molecule has 2 amide bonds. The molecule has 0 spiro atoms. The number of methoxy groups -OCH3 is 1. The molecule has 188 valence electrons. The van der Waals surface area contributed by atoms with Gasteiger partial charge >= 0.3 is 0 Å². The van der Waals surface area contributed by atoms with Crippen molar-refractivity contribution < 1.29 is 31.9 Å². The predicted molar refractivity (Wildman–Crippen MR) is 122 cm³/mol. The molecule has 36 heavy (non-hydrogen) atoms. The number of imidazole rings is 1. The number of carbonyl (C=O) groups excluding carboxylic acids is 2. The van der Waals surface area contributed by atoms with E-state index in [9.17, 15) is 27.2 Å². The third kappa shape index (κ3) is 5.09. The summed E-state index contributed by atoms with van der Waals surface area (Å²) in [6.07, 6.45) is 4.72. The van der Waals surface area contributed by atoms with Gasteiger partial charge in [-0.3, -0.25) is 20.0 Å². The quantitative estimate of drug-likeness (QED) is 0.402. The van der Waals surface area contributed by atoms with Crippen LogP contribution in [-0.2, 0) is 9.59 Å². The molecule has 1 N–H and O–H groups in total. The zero-order valence-corrected chi connectivity index (χ0v) is 19.4. The van der Waals surface area contributed by atoms with Crippen molar-refractivity contribution in [2.45, 2.75) is 25.7 Å². The Morgan fingerprint density at radius 2 is 1.92 bits per heavy atom. The van der Waals surface area contributed by atoms with Crippen molar-refractivity contribution in [3.63, 3.8) is 0 Å². The van der Waals surface area contributed by atoms with Gasteiger partial charge < -0.3 is 9.30 Å². The monoisotopic (exact) mass is 502 g/mol. The lowest BCUT2D eigenvalue weighted by atomic mass is 9.89. The Balaban J connectivity index is 1.50. The van der Waals surface area contributed by atoms with Crippen molar-refractivity contribution in [2.24, 2.45) is 0 Å². The zero-order chi connectivity index (χ0) is 26.0. The molecule has 4 rings (SSSR count). The normalized spacial score (nSPS) is 16.3. The fraction of sp³-hybridized carbons (Fsp3) is 0.240. The van der Waals surface area contributed by atoms with Crippen molar-refractivity contribution in [1.29, 1.82) is 0 Å². The summed E-state index contributed by atoms with van der Waals surface area (Å²) in [7, 11) is 1.45. The molecule has 11 heteroatoms. The lowest BCUT2D eigenvalue weighted by Gasteiger charge is -2.32. The molecule has 1 aromatic heterocycles. The number of aryl methyl sites for hydroxylation is 1. The molecule has 1 unspecified atom stereocenters. The van der Waals surface area contributed by atoms with Crippen LogP contribution in [0.5, 0.6) is 5.75 Å². The number of carbonyl (C=O) groups is 2. The van der Waals surface area contributed by atoms with E-state index < -0.39 is 46.6 Å². The minimum Gasteiger partial charge on any atom is -0.495 e. The summed E-state index contributed by atoms with van der Waals surface area (Å²) >= 11 is 0. The zero-order valence-electron chi connectivity index (χ0n) is 19.4. The third-order valence-electron chi connectivity index (χ3n) is 5.77. The number of piperidine rings is 1. The minimum absolute atomic E-state index is 0.0195. The maximum atomic E-state index is 14.7. The predicted octanol–water partition coefficient (Wildman–Crippen LogP) is 4.35. The largest absolute Gasteiger partial charge is 0.495 e. The SMILES string of the molecule is COc1cc(C=C(F)C(=O)NN2CCCC(c3c(F)cc(F)cc3F)C2=O)ccc1-n1cnc(C)c1. The van der Waals surface area contributed by atoms with Crippen LogP contribution in [0.25, 0.3) is 11.8 Å². The second-order valence-electron chi connectivity index (χ2n) is 8.25. The Morgan fingerprint density at radius 1 is 1.19 bits per heavy atom. The second-order valence-corrected chi connectivity index (χ2v) is 8.25. The fourth-order valence-electron chi connectivity index (χ4n) is 4.08. The van der Waals surface area contributed by atoms with Gasteiger partial charge in [0.1, 0.15) is 23.2 Å². The van der Waals surface area contributed by atoms with Gasteiger partial charge in [-0.15, -0.1) is 0 Å². The minimum atomic E-state index is -1.28. The Bertz CT molecular complexity index is 1330. The van der Waals surface area contributed by atoms with Crippen LogP contribution in [0.2, 0.25) is 0 Å². The number of halogens is 4. The van der Waals surface area contributed by atoms with Crippen molar-refractivity contribution in [2.75, 3.05) is 13.7 Å². The number of benzene rings is 2. The summed E-state index contributed by atoms with van der Waals surface area (Å²) in [4.78, 5) is 29.4. The highest BCUT2D eigenvalue weighted by Gasteiger charge is 2.35. The first-order chi connectivity index (χ1) is 17.2. The number of hydrogen-bond donors (Lipinski definition) is 1. The molecule has 2 aromatic carbocycles. The highest BCUT2D eigenvalue weighted by atomic mass is 19.1. The standard InChI is InChI=1S/C25H22F4N4O3/c1-14-12-32(13-30-14)21-6-5-15(9-22(21)36-2)8-20(29)24(34)31-33-7-3-4-17(25(33)35)23-18(27)10-16(26)11-19(23)28/h5-6,8-13,17H,3-4,7H2,1-2H3,(H,31,34). The van der Waals surface area contributed by atoms with Gasteiger partial charge in [0.25, 0.3) is 5.91 Å². The number of amides is 2. The van der Waals surface area contributed by atoms with E-state index in [0.29, 0.717) is 29.1 Å². The Kier molecular flexibility index (Phi) is 7.09. The molecule has 1 aliphatic rings. The molecule has 0 saturated carbocycles. The smallest absolute Gasteiger partial charge is 0.298 e.